The number of benzene rings is 8. The molecule has 8 aromatic rings. The third-order valence-electron chi connectivity index (χ3n) is 13.8. The van der Waals surface area contributed by atoms with Gasteiger partial charge < -0.3 is 30.4 Å². The summed E-state index contributed by atoms with van der Waals surface area (Å²) in [4.78, 5) is 2.25. The lowest BCUT2D eigenvalue weighted by Gasteiger charge is -2.25. The zero-order chi connectivity index (χ0) is 47.9. The standard InChI is InChI=1S/C44H35NO5.C15H18.C2H6/c1-44(2)36-7-5-4-6-34(36)35-21-20-33(24-37(35)44)45(3)32-19-18-30-22-29(16-17-31(30)23-32)27-10-8-25(9-11-27)26-12-14-28(15-13-26)38-39(46)41(48)43(50)42(49)40(38)47;1-5-8-12-11(2)15(3,4)14-10-7-6-9-13(12)14;1-2/h4-24,46-50H,1-3H3;5-10H,1-4H3;1-2H3/b;8-5-;. The fourth-order valence-electron chi connectivity index (χ4n) is 9.70. The van der Waals surface area contributed by atoms with Gasteiger partial charge in [0.2, 0.25) is 17.2 Å². The topological polar surface area (TPSA) is 104 Å². The Kier molecular flexibility index (Phi) is 12.3. The Balaban J connectivity index is 0.000000302. The first-order chi connectivity index (χ1) is 32.1. The van der Waals surface area contributed by atoms with Crippen LogP contribution in [0.2, 0.25) is 0 Å². The maximum absolute atomic E-state index is 10.3. The van der Waals surface area contributed by atoms with Crippen LogP contribution >= 0.6 is 0 Å². The van der Waals surface area contributed by atoms with E-state index in [2.05, 4.69) is 181 Å². The van der Waals surface area contributed by atoms with Crippen molar-refractivity contribution in [1.29, 1.82) is 0 Å². The highest BCUT2D eigenvalue weighted by Gasteiger charge is 2.36. The smallest absolute Gasteiger partial charge is 0.208 e. The Morgan fingerprint density at radius 2 is 0.866 bits per heavy atom. The molecule has 67 heavy (non-hydrogen) atoms. The molecule has 0 aliphatic heterocycles. The van der Waals surface area contributed by atoms with Gasteiger partial charge in [-0.3, -0.25) is 0 Å². The van der Waals surface area contributed by atoms with Gasteiger partial charge in [-0.15, -0.1) is 0 Å². The van der Waals surface area contributed by atoms with Gasteiger partial charge in [-0.1, -0.05) is 181 Å². The summed E-state index contributed by atoms with van der Waals surface area (Å²) in [7, 11) is 2.12. The van der Waals surface area contributed by atoms with Gasteiger partial charge in [0, 0.05) is 29.3 Å². The molecule has 0 saturated carbocycles. The molecule has 0 unspecified atom stereocenters. The van der Waals surface area contributed by atoms with Crippen LogP contribution in [0, 0.1) is 0 Å². The predicted octanol–water partition coefficient (Wildman–Crippen LogP) is 15.8. The summed E-state index contributed by atoms with van der Waals surface area (Å²) >= 11 is 0. The van der Waals surface area contributed by atoms with E-state index in [9.17, 15) is 25.5 Å². The molecular weight excluding hydrogens is 827 g/mol. The van der Waals surface area contributed by atoms with Crippen molar-refractivity contribution in [1.82, 2.24) is 0 Å². The molecule has 0 bridgehead atoms. The molecule has 0 fully saturated rings. The minimum absolute atomic E-state index is 0.0485. The molecule has 2 aliphatic rings. The highest BCUT2D eigenvalue weighted by Crippen LogP contribution is 2.55. The van der Waals surface area contributed by atoms with Crippen LogP contribution in [0.15, 0.2) is 169 Å². The number of nitrogens with zero attached hydrogens (tertiary/aromatic N) is 1. The Morgan fingerprint density at radius 3 is 1.46 bits per heavy atom. The van der Waals surface area contributed by atoms with Gasteiger partial charge in [0.1, 0.15) is 0 Å². The van der Waals surface area contributed by atoms with E-state index >= 15 is 0 Å². The van der Waals surface area contributed by atoms with E-state index in [0.29, 0.717) is 5.56 Å². The van der Waals surface area contributed by atoms with Gasteiger partial charge in [0.05, 0.1) is 5.56 Å². The van der Waals surface area contributed by atoms with Crippen LogP contribution in [-0.2, 0) is 10.8 Å². The van der Waals surface area contributed by atoms with Crippen LogP contribution < -0.4 is 4.90 Å². The number of phenolic OH excluding ortho intramolecular Hbond substituents is 5. The van der Waals surface area contributed by atoms with Crippen molar-refractivity contribution in [2.75, 3.05) is 11.9 Å². The van der Waals surface area contributed by atoms with Crippen LogP contribution in [0.4, 0.5) is 11.4 Å². The molecule has 0 heterocycles. The molecule has 0 spiro atoms. The maximum atomic E-state index is 10.3. The second kappa shape index (κ2) is 17.9. The van der Waals surface area contributed by atoms with Gasteiger partial charge in [0.25, 0.3) is 0 Å². The van der Waals surface area contributed by atoms with Crippen molar-refractivity contribution in [2.45, 2.75) is 66.2 Å². The third kappa shape index (κ3) is 7.97. The number of fused-ring (bicyclic) bond motifs is 5. The molecule has 8 aromatic carbocycles. The van der Waals surface area contributed by atoms with Crippen LogP contribution in [0.25, 0.3) is 60.9 Å². The average molecular weight is 886 g/mol. The Hall–Kier alpha value is -7.70. The van der Waals surface area contributed by atoms with Gasteiger partial charge in [-0.25, -0.2) is 0 Å². The predicted molar refractivity (Wildman–Crippen MR) is 279 cm³/mol. The SMILES string of the molecule is C/C=C\C1=C(C)C(C)(C)c2ccccc21.CC.CN(c1ccc2c(c1)C(C)(C)c1ccccc1-2)c1ccc2cc(-c3ccc(-c4ccc(-c5c(O)c(O)c(O)c(O)c5O)cc4)cc3)ccc2c1. The largest absolute Gasteiger partial charge is 0.504 e. The number of hydrogen-bond donors (Lipinski definition) is 5. The summed E-state index contributed by atoms with van der Waals surface area (Å²) in [5, 5.41) is 52.5. The lowest BCUT2D eigenvalue weighted by molar-refractivity contribution is 0.330. The fraction of sp³-hybridized carbons (Fsp3) is 0.180. The third-order valence-corrected chi connectivity index (χ3v) is 13.8. The molecule has 6 heteroatoms. The molecule has 0 radical (unpaired) electrons. The van der Waals surface area contributed by atoms with E-state index in [4.69, 9.17) is 0 Å². The van der Waals surface area contributed by atoms with E-state index in [1.165, 1.54) is 44.5 Å². The average Bonchev–Trinajstić information content (AvgIpc) is 3.70. The second-order valence-corrected chi connectivity index (χ2v) is 18.2. The number of aromatic hydroxyl groups is 5. The number of hydrogen-bond acceptors (Lipinski definition) is 6. The molecule has 0 amide bonds. The van der Waals surface area contributed by atoms with Crippen molar-refractivity contribution in [3.05, 3.63) is 192 Å². The summed E-state index contributed by atoms with van der Waals surface area (Å²) < 4.78 is 0. The van der Waals surface area contributed by atoms with Crippen molar-refractivity contribution in [3.8, 4) is 73.3 Å². The first-order valence-corrected chi connectivity index (χ1v) is 23.0. The van der Waals surface area contributed by atoms with Gasteiger partial charge in [-0.05, 0) is 122 Å². The lowest BCUT2D eigenvalue weighted by Crippen LogP contribution is -2.16. The zero-order valence-corrected chi connectivity index (χ0v) is 39.8. The number of rotatable bonds is 6. The molecule has 0 saturated heterocycles. The monoisotopic (exact) mass is 885 g/mol. The van der Waals surface area contributed by atoms with E-state index in [-0.39, 0.29) is 16.4 Å². The van der Waals surface area contributed by atoms with Crippen molar-refractivity contribution < 1.29 is 25.5 Å². The normalized spacial score (nSPS) is 13.9. The number of allylic oxidation sites excluding steroid dienone is 4. The first-order valence-electron chi connectivity index (χ1n) is 23.0. The van der Waals surface area contributed by atoms with E-state index < -0.39 is 28.7 Å². The Bertz CT molecular complexity index is 3200. The second-order valence-electron chi connectivity index (χ2n) is 18.2. The summed E-state index contributed by atoms with van der Waals surface area (Å²) in [6, 6.07) is 52.5. The molecular formula is C61H59NO5. The van der Waals surface area contributed by atoms with Crippen molar-refractivity contribution in [3.63, 3.8) is 0 Å². The molecule has 0 aromatic heterocycles. The van der Waals surface area contributed by atoms with Crippen LogP contribution in [0.3, 0.4) is 0 Å². The van der Waals surface area contributed by atoms with Crippen LogP contribution in [-0.4, -0.2) is 32.6 Å². The van der Waals surface area contributed by atoms with Gasteiger partial charge in [0.15, 0.2) is 11.5 Å². The highest BCUT2D eigenvalue weighted by atomic mass is 16.4. The quantitative estimate of drug-likeness (QED) is 0.0842. The van der Waals surface area contributed by atoms with Crippen LogP contribution in [0.5, 0.6) is 28.7 Å². The summed E-state index contributed by atoms with van der Waals surface area (Å²) in [6.07, 6.45) is 4.35. The summed E-state index contributed by atoms with van der Waals surface area (Å²) in [5.41, 5.74) is 17.8. The molecule has 338 valence electrons. The Labute approximate surface area is 394 Å². The Morgan fingerprint density at radius 1 is 0.433 bits per heavy atom. The molecule has 0 atom stereocenters. The summed E-state index contributed by atoms with van der Waals surface area (Å²) in [5.74, 6) is -4.22. The maximum Gasteiger partial charge on any atom is 0.208 e. The van der Waals surface area contributed by atoms with Crippen molar-refractivity contribution >= 4 is 27.7 Å². The van der Waals surface area contributed by atoms with Crippen molar-refractivity contribution in [2.24, 2.45) is 0 Å². The minimum atomic E-state index is -0.980. The fourth-order valence-corrected chi connectivity index (χ4v) is 9.70. The van der Waals surface area contributed by atoms with Crippen LogP contribution in [0.1, 0.15) is 77.6 Å². The molecule has 5 N–H and O–H groups in total. The molecule has 10 rings (SSSR count). The molecule has 6 nitrogen and oxygen atoms in total. The first kappa shape index (κ1) is 45.9. The van der Waals surface area contributed by atoms with E-state index in [1.54, 1.807) is 12.1 Å². The lowest BCUT2D eigenvalue weighted by atomic mass is 9.82. The van der Waals surface area contributed by atoms with E-state index in [0.717, 1.165) is 44.4 Å². The number of phenols is 5. The minimum Gasteiger partial charge on any atom is -0.504 e. The van der Waals surface area contributed by atoms with E-state index in [1.807, 2.05) is 38.1 Å². The highest BCUT2D eigenvalue weighted by molar-refractivity contribution is 5.92. The number of anilines is 2. The summed E-state index contributed by atoms with van der Waals surface area (Å²) in [6.45, 7) is 17.5. The van der Waals surface area contributed by atoms with Gasteiger partial charge in [-0.2, -0.15) is 0 Å². The van der Waals surface area contributed by atoms with Gasteiger partial charge >= 0.3 is 0 Å². The molecule has 2 aliphatic carbocycles. The zero-order valence-electron chi connectivity index (χ0n) is 39.8.